The topological polar surface area (TPSA) is 69.7 Å². The van der Waals surface area contributed by atoms with E-state index in [2.05, 4.69) is 40.8 Å². The highest BCUT2D eigenvalue weighted by molar-refractivity contribution is 5.83. The Labute approximate surface area is 163 Å². The number of amidine groups is 1. The van der Waals surface area contributed by atoms with Crippen molar-refractivity contribution in [2.45, 2.75) is 63.6 Å². The highest BCUT2D eigenvalue weighted by Crippen LogP contribution is 2.25. The maximum Gasteiger partial charge on any atom is 0.110 e. The van der Waals surface area contributed by atoms with E-state index in [0.29, 0.717) is 25.4 Å². The first-order chi connectivity index (χ1) is 13.0. The molecule has 154 valence electrons. The first kappa shape index (κ1) is 21.9. The quantitative estimate of drug-likeness (QED) is 0.345. The number of methoxy groups -OCH3 is 1. The maximum absolute atomic E-state index is 13.4. The summed E-state index contributed by atoms with van der Waals surface area (Å²) in [6.45, 7) is 7.37. The first-order valence-electron chi connectivity index (χ1n) is 9.98. The van der Waals surface area contributed by atoms with Crippen LogP contribution in [0.15, 0.2) is 29.4 Å². The summed E-state index contributed by atoms with van der Waals surface area (Å²) in [5, 5.41) is 13.5. The predicted molar refractivity (Wildman–Crippen MR) is 109 cm³/mol. The molecule has 0 saturated heterocycles. The molecule has 0 aromatic heterocycles. The standard InChI is InChI=1S/C20H36FN5O/c1-5-23-20(12-22-3)26-19-11-15(13-27-4)10-18(25-19)24-14(2)16-6-8-17(21)9-7-16/h5-6,14-15,17-18,20,22-24H,1,7-13H2,2-4H3,(H,25,26)/t14-,15?,17+,18?,20?/m0/s1. The highest BCUT2D eigenvalue weighted by atomic mass is 19.1. The van der Waals surface area contributed by atoms with Crippen LogP contribution >= 0.6 is 0 Å². The molecule has 2 rings (SSSR count). The first-order valence-corrected chi connectivity index (χ1v) is 9.98. The minimum atomic E-state index is -0.683. The van der Waals surface area contributed by atoms with E-state index < -0.39 is 6.17 Å². The van der Waals surface area contributed by atoms with Gasteiger partial charge in [0.1, 0.15) is 24.3 Å². The number of likely N-dealkylation sites (N-methyl/N-ethyl adjacent to an activating group) is 1. The largest absolute Gasteiger partial charge is 0.384 e. The summed E-state index contributed by atoms with van der Waals surface area (Å²) < 4.78 is 18.8. The number of nitrogens with one attached hydrogen (secondary N) is 4. The predicted octanol–water partition coefficient (Wildman–Crippen LogP) is 2.06. The lowest BCUT2D eigenvalue weighted by molar-refractivity contribution is 0.139. The van der Waals surface area contributed by atoms with E-state index in [0.717, 1.165) is 31.6 Å². The van der Waals surface area contributed by atoms with E-state index in [1.165, 1.54) is 5.57 Å². The third-order valence-electron chi connectivity index (χ3n) is 5.20. The van der Waals surface area contributed by atoms with Crippen molar-refractivity contribution in [3.05, 3.63) is 24.4 Å². The molecule has 0 spiro atoms. The smallest absolute Gasteiger partial charge is 0.110 e. The van der Waals surface area contributed by atoms with Crippen molar-refractivity contribution in [3.63, 3.8) is 0 Å². The van der Waals surface area contributed by atoms with Gasteiger partial charge in [0, 0.05) is 32.7 Å². The van der Waals surface area contributed by atoms with Gasteiger partial charge in [-0.3, -0.25) is 10.3 Å². The number of allylic oxidation sites excluding steroid dienone is 1. The van der Waals surface area contributed by atoms with Crippen LogP contribution in [-0.2, 0) is 4.74 Å². The average Bonchev–Trinajstić information content (AvgIpc) is 2.63. The highest BCUT2D eigenvalue weighted by Gasteiger charge is 2.27. The molecule has 2 aliphatic rings. The second kappa shape index (κ2) is 11.4. The molecule has 0 aromatic rings. The molecular weight excluding hydrogens is 345 g/mol. The van der Waals surface area contributed by atoms with Gasteiger partial charge in [0.15, 0.2) is 0 Å². The minimum Gasteiger partial charge on any atom is -0.384 e. The molecule has 0 radical (unpaired) electrons. The Hall–Kier alpha value is -1.44. The molecule has 27 heavy (non-hydrogen) atoms. The van der Waals surface area contributed by atoms with Gasteiger partial charge < -0.3 is 20.7 Å². The van der Waals surface area contributed by atoms with Crippen molar-refractivity contribution in [1.29, 1.82) is 0 Å². The Morgan fingerprint density at radius 3 is 2.93 bits per heavy atom. The van der Waals surface area contributed by atoms with Gasteiger partial charge in [-0.05, 0) is 51.8 Å². The summed E-state index contributed by atoms with van der Waals surface area (Å²) >= 11 is 0. The number of rotatable bonds is 10. The van der Waals surface area contributed by atoms with E-state index in [9.17, 15) is 4.39 Å². The van der Waals surface area contributed by atoms with Crippen LogP contribution in [0.5, 0.6) is 0 Å². The monoisotopic (exact) mass is 381 g/mol. The van der Waals surface area contributed by atoms with Gasteiger partial charge in [-0.15, -0.1) is 0 Å². The van der Waals surface area contributed by atoms with Crippen molar-refractivity contribution >= 4 is 5.84 Å². The van der Waals surface area contributed by atoms with Crippen LogP contribution in [-0.4, -0.2) is 57.7 Å². The molecule has 4 N–H and O–H groups in total. The van der Waals surface area contributed by atoms with Crippen LogP contribution in [0.4, 0.5) is 4.39 Å². The van der Waals surface area contributed by atoms with E-state index in [-0.39, 0.29) is 18.4 Å². The lowest BCUT2D eigenvalue weighted by Crippen LogP contribution is -2.51. The third-order valence-corrected chi connectivity index (χ3v) is 5.20. The molecule has 0 bridgehead atoms. The Morgan fingerprint density at radius 2 is 2.30 bits per heavy atom. The summed E-state index contributed by atoms with van der Waals surface area (Å²) in [7, 11) is 3.66. The fourth-order valence-electron chi connectivity index (χ4n) is 3.84. The maximum atomic E-state index is 13.4. The summed E-state index contributed by atoms with van der Waals surface area (Å²) in [5.74, 6) is 1.39. The second-order valence-electron chi connectivity index (χ2n) is 7.52. The fraction of sp³-hybridized carbons (Fsp3) is 0.750. The van der Waals surface area contributed by atoms with Crippen LogP contribution in [0.1, 0.15) is 39.0 Å². The zero-order valence-electron chi connectivity index (χ0n) is 16.9. The van der Waals surface area contributed by atoms with Crippen molar-refractivity contribution in [3.8, 4) is 0 Å². The molecule has 7 heteroatoms. The second-order valence-corrected chi connectivity index (χ2v) is 7.52. The molecule has 6 nitrogen and oxygen atoms in total. The zero-order valence-corrected chi connectivity index (χ0v) is 16.9. The van der Waals surface area contributed by atoms with Gasteiger partial charge in [0.25, 0.3) is 0 Å². The van der Waals surface area contributed by atoms with Gasteiger partial charge in [-0.1, -0.05) is 18.2 Å². The summed E-state index contributed by atoms with van der Waals surface area (Å²) in [4.78, 5) is 4.90. The Bertz CT molecular complexity index is 525. The van der Waals surface area contributed by atoms with E-state index >= 15 is 0 Å². The van der Waals surface area contributed by atoms with Crippen LogP contribution < -0.4 is 21.3 Å². The number of hydrogen-bond acceptors (Lipinski definition) is 6. The Kier molecular flexibility index (Phi) is 9.24. The molecule has 0 fully saturated rings. The van der Waals surface area contributed by atoms with Crippen LogP contribution in [0.25, 0.3) is 0 Å². The molecule has 0 aromatic carbocycles. The van der Waals surface area contributed by atoms with Gasteiger partial charge >= 0.3 is 0 Å². The summed E-state index contributed by atoms with van der Waals surface area (Å²) in [5.41, 5.74) is 1.30. The number of nitrogens with zero attached hydrogens (tertiary/aromatic N) is 1. The molecule has 1 aliphatic carbocycles. The van der Waals surface area contributed by atoms with Gasteiger partial charge in [-0.25, -0.2) is 4.39 Å². The SMILES string of the molecule is C=CNC(CNC)NC1=NC(N[C@@H](C)C2=CC[C@@H](F)CC2)CC(COC)C1. The number of hydrogen-bond donors (Lipinski definition) is 4. The van der Waals surface area contributed by atoms with Gasteiger partial charge in [0.05, 0.1) is 0 Å². The van der Waals surface area contributed by atoms with E-state index in [1.54, 1.807) is 13.3 Å². The van der Waals surface area contributed by atoms with Crippen molar-refractivity contribution in [1.82, 2.24) is 21.3 Å². The van der Waals surface area contributed by atoms with Crippen molar-refractivity contribution in [2.75, 3.05) is 27.3 Å². The normalized spacial score (nSPS) is 27.9. The van der Waals surface area contributed by atoms with Crippen LogP contribution in [0.2, 0.25) is 0 Å². The molecule has 3 unspecified atom stereocenters. The van der Waals surface area contributed by atoms with E-state index in [4.69, 9.17) is 9.73 Å². The molecule has 5 atom stereocenters. The van der Waals surface area contributed by atoms with Crippen LogP contribution in [0.3, 0.4) is 0 Å². The number of aliphatic imine (C=N–C) groups is 1. The van der Waals surface area contributed by atoms with Crippen molar-refractivity contribution in [2.24, 2.45) is 10.9 Å². The van der Waals surface area contributed by atoms with E-state index in [1.807, 2.05) is 7.05 Å². The summed E-state index contributed by atoms with van der Waals surface area (Å²) in [6.07, 6.45) is 6.92. The molecule has 0 saturated carbocycles. The molecule has 1 heterocycles. The zero-order chi connectivity index (χ0) is 19.6. The van der Waals surface area contributed by atoms with Gasteiger partial charge in [0.2, 0.25) is 0 Å². The molecule has 1 aliphatic heterocycles. The van der Waals surface area contributed by atoms with Crippen molar-refractivity contribution < 1.29 is 9.13 Å². The number of alkyl halides is 1. The lowest BCUT2D eigenvalue weighted by Gasteiger charge is -2.33. The lowest BCUT2D eigenvalue weighted by atomic mass is 9.92. The Morgan fingerprint density at radius 1 is 1.48 bits per heavy atom. The van der Waals surface area contributed by atoms with Crippen LogP contribution in [0, 0.1) is 5.92 Å². The fourth-order valence-corrected chi connectivity index (χ4v) is 3.84. The van der Waals surface area contributed by atoms with Gasteiger partial charge in [-0.2, -0.15) is 0 Å². The third kappa shape index (κ3) is 7.24. The summed E-state index contributed by atoms with van der Waals surface area (Å²) in [6, 6.07) is 0.202. The number of halogens is 1. The Balaban J connectivity index is 2.02. The average molecular weight is 382 g/mol. The molecular formula is C20H36FN5O. The molecule has 0 amide bonds. The minimum absolute atomic E-state index is 0.0272. The number of ether oxygens (including phenoxy) is 1.